The molecule has 112 valence electrons. The van der Waals surface area contributed by atoms with Gasteiger partial charge in [0, 0.05) is 12.1 Å². The molecule has 4 atom stereocenters. The zero-order chi connectivity index (χ0) is 14.4. The highest BCUT2D eigenvalue weighted by molar-refractivity contribution is 5.65. The first-order chi connectivity index (χ1) is 9.47. The minimum absolute atomic E-state index is 0.334. The summed E-state index contributed by atoms with van der Waals surface area (Å²) in [6, 6.07) is 0.821. The number of aryl methyl sites for hydroxylation is 1. The van der Waals surface area contributed by atoms with Gasteiger partial charge in [0.25, 0.3) is 0 Å². The Labute approximate surface area is 122 Å². The highest BCUT2D eigenvalue weighted by Gasteiger charge is 2.42. The van der Waals surface area contributed by atoms with Crippen LogP contribution in [-0.2, 0) is 0 Å². The maximum atomic E-state index is 6.22. The minimum atomic E-state index is 0.334. The number of hydrogen-bond acceptors (Lipinski definition) is 3. The summed E-state index contributed by atoms with van der Waals surface area (Å²) < 4.78 is 2.04. The zero-order valence-electron chi connectivity index (χ0n) is 13.2. The number of aromatic nitrogens is 2. The Morgan fingerprint density at radius 2 is 2.00 bits per heavy atom. The van der Waals surface area contributed by atoms with E-state index >= 15 is 0 Å². The van der Waals surface area contributed by atoms with Crippen LogP contribution in [-0.4, -0.2) is 15.8 Å². The van der Waals surface area contributed by atoms with Crippen molar-refractivity contribution >= 4 is 11.5 Å². The Morgan fingerprint density at radius 1 is 1.25 bits per heavy atom. The third-order valence-electron chi connectivity index (χ3n) is 5.42. The van der Waals surface area contributed by atoms with Gasteiger partial charge >= 0.3 is 0 Å². The van der Waals surface area contributed by atoms with E-state index in [1.165, 1.54) is 25.7 Å². The molecule has 0 saturated heterocycles. The predicted molar refractivity (Wildman–Crippen MR) is 83.8 cm³/mol. The van der Waals surface area contributed by atoms with E-state index in [1.54, 1.807) is 0 Å². The van der Waals surface area contributed by atoms with E-state index in [1.807, 2.05) is 11.6 Å². The Morgan fingerprint density at radius 3 is 2.55 bits per heavy atom. The van der Waals surface area contributed by atoms with Gasteiger partial charge in [-0.2, -0.15) is 5.10 Å². The standard InChI is InChI=1S/C16H28N4/c1-9(2)20-16(15(17)11(4)19-20)18-10(3)14-8-12-5-6-13(14)7-12/h9-10,12-14,18H,5-8,17H2,1-4H3. The topological polar surface area (TPSA) is 55.9 Å². The van der Waals surface area contributed by atoms with Gasteiger partial charge < -0.3 is 11.1 Å². The van der Waals surface area contributed by atoms with Crippen molar-refractivity contribution in [2.45, 2.75) is 65.5 Å². The van der Waals surface area contributed by atoms with E-state index in [0.717, 1.165) is 35.0 Å². The molecule has 3 rings (SSSR count). The number of anilines is 2. The highest BCUT2D eigenvalue weighted by Crippen LogP contribution is 2.50. The Hall–Kier alpha value is -1.19. The monoisotopic (exact) mass is 276 g/mol. The van der Waals surface area contributed by atoms with Crippen LogP contribution < -0.4 is 11.1 Å². The van der Waals surface area contributed by atoms with E-state index in [4.69, 9.17) is 5.73 Å². The molecule has 4 nitrogen and oxygen atoms in total. The molecular weight excluding hydrogens is 248 g/mol. The first-order valence-corrected chi connectivity index (χ1v) is 8.08. The van der Waals surface area contributed by atoms with Crippen LogP contribution in [0, 0.1) is 24.7 Å². The van der Waals surface area contributed by atoms with E-state index in [9.17, 15) is 0 Å². The van der Waals surface area contributed by atoms with Gasteiger partial charge in [-0.15, -0.1) is 0 Å². The predicted octanol–water partition coefficient (Wildman–Crippen LogP) is 3.59. The van der Waals surface area contributed by atoms with Crippen molar-refractivity contribution in [2.75, 3.05) is 11.1 Å². The third-order valence-corrected chi connectivity index (χ3v) is 5.42. The van der Waals surface area contributed by atoms with Crippen LogP contribution in [0.2, 0.25) is 0 Å². The van der Waals surface area contributed by atoms with Crippen molar-refractivity contribution in [1.82, 2.24) is 9.78 Å². The summed E-state index contributed by atoms with van der Waals surface area (Å²) in [6.45, 7) is 8.61. The molecule has 1 aromatic heterocycles. The molecule has 4 heteroatoms. The van der Waals surface area contributed by atoms with Gasteiger partial charge in [-0.3, -0.25) is 0 Å². The maximum absolute atomic E-state index is 6.22. The fourth-order valence-electron chi connectivity index (χ4n) is 4.31. The molecule has 0 aromatic carbocycles. The van der Waals surface area contributed by atoms with Crippen molar-refractivity contribution in [3.63, 3.8) is 0 Å². The molecule has 20 heavy (non-hydrogen) atoms. The molecule has 2 saturated carbocycles. The molecule has 0 spiro atoms. The van der Waals surface area contributed by atoms with Crippen LogP contribution in [0.1, 0.15) is 58.2 Å². The van der Waals surface area contributed by atoms with Gasteiger partial charge in [0.2, 0.25) is 0 Å². The third kappa shape index (κ3) is 2.19. The number of hydrogen-bond donors (Lipinski definition) is 2. The molecule has 2 bridgehead atoms. The maximum Gasteiger partial charge on any atom is 0.148 e. The van der Waals surface area contributed by atoms with Crippen molar-refractivity contribution in [1.29, 1.82) is 0 Å². The smallest absolute Gasteiger partial charge is 0.148 e. The van der Waals surface area contributed by atoms with Crippen LogP contribution in [0.25, 0.3) is 0 Å². The molecule has 2 aliphatic rings. The highest BCUT2D eigenvalue weighted by atomic mass is 15.4. The molecule has 1 aromatic rings. The number of nitrogen functional groups attached to an aromatic ring is 1. The van der Waals surface area contributed by atoms with Gasteiger partial charge in [0.15, 0.2) is 0 Å². The van der Waals surface area contributed by atoms with Gasteiger partial charge in [-0.1, -0.05) is 6.42 Å². The summed E-state index contributed by atoms with van der Waals surface area (Å²) in [6.07, 6.45) is 5.74. The van der Waals surface area contributed by atoms with Crippen LogP contribution >= 0.6 is 0 Å². The van der Waals surface area contributed by atoms with Crippen LogP contribution in [0.15, 0.2) is 0 Å². The second kappa shape index (κ2) is 4.97. The summed E-state index contributed by atoms with van der Waals surface area (Å²) >= 11 is 0. The summed E-state index contributed by atoms with van der Waals surface area (Å²) in [5, 5.41) is 8.25. The van der Waals surface area contributed by atoms with E-state index < -0.39 is 0 Å². The van der Waals surface area contributed by atoms with E-state index in [-0.39, 0.29) is 0 Å². The van der Waals surface area contributed by atoms with Gasteiger partial charge in [-0.25, -0.2) is 4.68 Å². The Kier molecular flexibility index (Phi) is 3.43. The van der Waals surface area contributed by atoms with Gasteiger partial charge in [0.05, 0.1) is 11.4 Å². The van der Waals surface area contributed by atoms with Gasteiger partial charge in [-0.05, 0) is 64.7 Å². The molecule has 1 heterocycles. The second-order valence-electron chi connectivity index (χ2n) is 7.16. The molecule has 0 amide bonds. The lowest BCUT2D eigenvalue weighted by atomic mass is 9.84. The number of nitrogens with one attached hydrogen (secondary N) is 1. The average molecular weight is 276 g/mol. The van der Waals surface area contributed by atoms with E-state index in [2.05, 4.69) is 31.2 Å². The summed E-state index contributed by atoms with van der Waals surface area (Å²) in [5.41, 5.74) is 7.96. The SMILES string of the molecule is Cc1nn(C(C)C)c(NC(C)C2CC3CCC2C3)c1N. The fourth-order valence-corrected chi connectivity index (χ4v) is 4.31. The number of fused-ring (bicyclic) bond motifs is 2. The normalized spacial score (nSPS) is 30.1. The number of nitrogens with zero attached hydrogens (tertiary/aromatic N) is 2. The van der Waals surface area contributed by atoms with Crippen LogP contribution in [0.3, 0.4) is 0 Å². The van der Waals surface area contributed by atoms with E-state index in [0.29, 0.717) is 12.1 Å². The van der Waals surface area contributed by atoms with Crippen molar-refractivity contribution in [2.24, 2.45) is 17.8 Å². The molecular formula is C16H28N4. The number of nitrogens with two attached hydrogens (primary N) is 1. The molecule has 2 fully saturated rings. The first kappa shape index (κ1) is 13.8. The Balaban J connectivity index is 1.77. The fraction of sp³-hybridized carbons (Fsp3) is 0.812. The molecule has 2 aliphatic carbocycles. The second-order valence-corrected chi connectivity index (χ2v) is 7.16. The lowest BCUT2D eigenvalue weighted by Gasteiger charge is -2.29. The average Bonchev–Trinajstić information content (AvgIpc) is 3.08. The minimum Gasteiger partial charge on any atom is -0.394 e. The molecule has 3 N–H and O–H groups in total. The first-order valence-electron chi connectivity index (χ1n) is 8.08. The van der Waals surface area contributed by atoms with Crippen molar-refractivity contribution < 1.29 is 0 Å². The lowest BCUT2D eigenvalue weighted by molar-refractivity contribution is 0.303. The summed E-state index contributed by atoms with van der Waals surface area (Å²) in [7, 11) is 0. The van der Waals surface area contributed by atoms with Crippen molar-refractivity contribution in [3.8, 4) is 0 Å². The van der Waals surface area contributed by atoms with Crippen LogP contribution in [0.5, 0.6) is 0 Å². The summed E-state index contributed by atoms with van der Waals surface area (Å²) in [5.74, 6) is 3.75. The molecule has 0 aliphatic heterocycles. The molecule has 4 unspecified atom stereocenters. The quantitative estimate of drug-likeness (QED) is 0.883. The zero-order valence-corrected chi connectivity index (χ0v) is 13.2. The van der Waals surface area contributed by atoms with Gasteiger partial charge in [0.1, 0.15) is 5.82 Å². The summed E-state index contributed by atoms with van der Waals surface area (Å²) in [4.78, 5) is 0. The molecule has 0 radical (unpaired) electrons. The van der Waals surface area contributed by atoms with Crippen LogP contribution in [0.4, 0.5) is 11.5 Å². The lowest BCUT2D eigenvalue weighted by Crippen LogP contribution is -2.31. The number of rotatable bonds is 4. The Bertz CT molecular complexity index is 491. The largest absolute Gasteiger partial charge is 0.394 e. The van der Waals surface area contributed by atoms with Crippen molar-refractivity contribution in [3.05, 3.63) is 5.69 Å².